The molecular formula is C35H33F4NO. The summed E-state index contributed by atoms with van der Waals surface area (Å²) in [4.78, 5) is 5.28. The van der Waals surface area contributed by atoms with E-state index >= 15 is 0 Å². The SMILES string of the molecule is OC1CC(Cc2ccccc2)Cc2nc(C3CCCC3)c(Cc3ccc(C(F)(F)F)cc3)c(-c3ccc(F)cc3)c21. The first kappa shape index (κ1) is 27.6. The molecule has 0 bridgehead atoms. The Morgan fingerprint density at radius 3 is 2.17 bits per heavy atom. The molecule has 2 aliphatic carbocycles. The van der Waals surface area contributed by atoms with Gasteiger partial charge in [-0.15, -0.1) is 0 Å². The van der Waals surface area contributed by atoms with Gasteiger partial charge in [0.1, 0.15) is 5.82 Å². The van der Waals surface area contributed by atoms with E-state index < -0.39 is 17.8 Å². The van der Waals surface area contributed by atoms with Gasteiger partial charge in [0.25, 0.3) is 0 Å². The Labute approximate surface area is 238 Å². The molecule has 2 aliphatic rings. The van der Waals surface area contributed by atoms with Crippen molar-refractivity contribution in [1.82, 2.24) is 4.98 Å². The first-order valence-electron chi connectivity index (χ1n) is 14.5. The molecule has 6 heteroatoms. The second-order valence-corrected chi connectivity index (χ2v) is 11.6. The minimum absolute atomic E-state index is 0.227. The molecule has 0 spiro atoms. The molecule has 1 fully saturated rings. The molecule has 1 saturated carbocycles. The number of nitrogens with zero attached hydrogens (tertiary/aromatic N) is 1. The van der Waals surface area contributed by atoms with Crippen molar-refractivity contribution >= 4 is 0 Å². The van der Waals surface area contributed by atoms with Crippen LogP contribution in [0.2, 0.25) is 0 Å². The Morgan fingerprint density at radius 1 is 0.829 bits per heavy atom. The van der Waals surface area contributed by atoms with Crippen molar-refractivity contribution in [3.63, 3.8) is 0 Å². The number of aromatic nitrogens is 1. The van der Waals surface area contributed by atoms with E-state index in [0.29, 0.717) is 12.8 Å². The van der Waals surface area contributed by atoms with Crippen molar-refractivity contribution in [2.24, 2.45) is 5.92 Å². The molecule has 3 aromatic carbocycles. The summed E-state index contributed by atoms with van der Waals surface area (Å²) in [6, 6.07) is 21.9. The highest BCUT2D eigenvalue weighted by atomic mass is 19.4. The Bertz CT molecular complexity index is 1490. The normalized spacial score (nSPS) is 19.3. The van der Waals surface area contributed by atoms with Gasteiger partial charge in [0.15, 0.2) is 0 Å². The van der Waals surface area contributed by atoms with Crippen LogP contribution in [0.15, 0.2) is 78.9 Å². The third-order valence-electron chi connectivity index (χ3n) is 8.72. The lowest BCUT2D eigenvalue weighted by molar-refractivity contribution is -0.137. The summed E-state index contributed by atoms with van der Waals surface area (Å²) in [5, 5.41) is 11.6. The minimum Gasteiger partial charge on any atom is -0.388 e. The monoisotopic (exact) mass is 559 g/mol. The summed E-state index contributed by atoms with van der Waals surface area (Å²) in [7, 11) is 0. The van der Waals surface area contributed by atoms with Gasteiger partial charge in [-0.3, -0.25) is 4.98 Å². The van der Waals surface area contributed by atoms with Crippen LogP contribution in [0.3, 0.4) is 0 Å². The van der Waals surface area contributed by atoms with Crippen LogP contribution in [0.5, 0.6) is 0 Å². The molecule has 1 heterocycles. The second-order valence-electron chi connectivity index (χ2n) is 11.6. The van der Waals surface area contributed by atoms with Crippen molar-refractivity contribution in [2.45, 2.75) is 69.6 Å². The molecule has 1 aromatic heterocycles. The van der Waals surface area contributed by atoms with E-state index in [0.717, 1.165) is 89.9 Å². The fraction of sp³-hybridized carbons (Fsp3) is 0.343. The van der Waals surface area contributed by atoms with Gasteiger partial charge in [-0.05, 0) is 96.5 Å². The minimum atomic E-state index is -4.40. The summed E-state index contributed by atoms with van der Waals surface area (Å²) in [5.41, 5.74) is 6.53. The van der Waals surface area contributed by atoms with Crippen LogP contribution < -0.4 is 0 Å². The first-order chi connectivity index (χ1) is 19.8. The van der Waals surface area contributed by atoms with Gasteiger partial charge in [0, 0.05) is 22.9 Å². The molecule has 0 saturated heterocycles. The molecule has 2 unspecified atom stereocenters. The number of pyridine rings is 1. The molecular weight excluding hydrogens is 526 g/mol. The zero-order valence-corrected chi connectivity index (χ0v) is 22.8. The van der Waals surface area contributed by atoms with Crippen LogP contribution in [-0.2, 0) is 25.4 Å². The standard InChI is InChI=1S/C35H33F4NO/c36-28-16-12-25(13-17-28)32-29(19-23-10-14-27(15-11-23)35(37,38)39)34(26-8-4-5-9-26)40-30-20-24(21-31(41)33(30)32)18-22-6-2-1-3-7-22/h1-3,6-7,10-17,24,26,31,41H,4-5,8-9,18-21H2. The number of aliphatic hydroxyl groups is 1. The highest BCUT2D eigenvalue weighted by molar-refractivity contribution is 5.74. The van der Waals surface area contributed by atoms with Crippen molar-refractivity contribution < 1.29 is 22.7 Å². The molecule has 0 aliphatic heterocycles. The van der Waals surface area contributed by atoms with Gasteiger partial charge in [0.05, 0.1) is 11.7 Å². The van der Waals surface area contributed by atoms with Crippen molar-refractivity contribution in [2.75, 3.05) is 0 Å². The van der Waals surface area contributed by atoms with Gasteiger partial charge in [0.2, 0.25) is 0 Å². The van der Waals surface area contributed by atoms with Crippen LogP contribution >= 0.6 is 0 Å². The Morgan fingerprint density at radius 2 is 1.51 bits per heavy atom. The summed E-state index contributed by atoms with van der Waals surface area (Å²) in [6.45, 7) is 0. The molecule has 1 N–H and O–H groups in total. The first-order valence-corrected chi connectivity index (χ1v) is 14.5. The molecule has 0 amide bonds. The van der Waals surface area contributed by atoms with Crippen LogP contribution in [0, 0.1) is 11.7 Å². The third kappa shape index (κ3) is 5.94. The fourth-order valence-corrected chi connectivity index (χ4v) is 6.79. The average Bonchev–Trinajstić information content (AvgIpc) is 3.49. The summed E-state index contributed by atoms with van der Waals surface area (Å²) in [6.07, 6.45) is 1.62. The van der Waals surface area contributed by atoms with E-state index in [2.05, 4.69) is 12.1 Å². The predicted molar refractivity (Wildman–Crippen MR) is 152 cm³/mol. The van der Waals surface area contributed by atoms with E-state index in [1.54, 1.807) is 12.1 Å². The average molecular weight is 560 g/mol. The highest BCUT2D eigenvalue weighted by Crippen LogP contribution is 2.46. The molecule has 212 valence electrons. The summed E-state index contributed by atoms with van der Waals surface area (Å²) >= 11 is 0. The quantitative estimate of drug-likeness (QED) is 0.239. The number of aliphatic hydroxyl groups excluding tert-OH is 1. The molecule has 41 heavy (non-hydrogen) atoms. The third-order valence-corrected chi connectivity index (χ3v) is 8.72. The van der Waals surface area contributed by atoms with E-state index in [-0.39, 0.29) is 17.7 Å². The molecule has 4 aromatic rings. The maximum Gasteiger partial charge on any atom is 0.416 e. The van der Waals surface area contributed by atoms with E-state index in [4.69, 9.17) is 4.98 Å². The molecule has 2 nitrogen and oxygen atoms in total. The van der Waals surface area contributed by atoms with Crippen molar-refractivity contribution in [3.05, 3.63) is 124 Å². The Kier molecular flexibility index (Phi) is 7.69. The number of halogens is 4. The van der Waals surface area contributed by atoms with Crippen molar-refractivity contribution in [1.29, 1.82) is 0 Å². The van der Waals surface area contributed by atoms with E-state index in [9.17, 15) is 22.7 Å². The maximum absolute atomic E-state index is 14.0. The lowest BCUT2D eigenvalue weighted by atomic mass is 9.76. The molecule has 2 atom stereocenters. The van der Waals surface area contributed by atoms with E-state index in [1.807, 2.05) is 18.2 Å². The van der Waals surface area contributed by atoms with E-state index in [1.165, 1.54) is 29.8 Å². The van der Waals surface area contributed by atoms with Crippen LogP contribution in [-0.4, -0.2) is 10.1 Å². The fourth-order valence-electron chi connectivity index (χ4n) is 6.79. The summed E-state index contributed by atoms with van der Waals surface area (Å²) in [5.74, 6) is 0.127. The smallest absolute Gasteiger partial charge is 0.388 e. The number of hydrogen-bond acceptors (Lipinski definition) is 2. The zero-order chi connectivity index (χ0) is 28.6. The van der Waals surface area contributed by atoms with Crippen LogP contribution in [0.25, 0.3) is 11.1 Å². The predicted octanol–water partition coefficient (Wildman–Crippen LogP) is 8.99. The zero-order valence-electron chi connectivity index (χ0n) is 22.8. The molecule has 6 rings (SSSR count). The Hall–Kier alpha value is -3.51. The van der Waals surface area contributed by atoms with Gasteiger partial charge >= 0.3 is 6.18 Å². The number of benzene rings is 3. The number of rotatable bonds is 6. The number of alkyl halides is 3. The van der Waals surface area contributed by atoms with Gasteiger partial charge in [-0.1, -0.05) is 67.4 Å². The number of hydrogen-bond donors (Lipinski definition) is 1. The Balaban J connectivity index is 1.49. The topological polar surface area (TPSA) is 33.1 Å². The van der Waals surface area contributed by atoms with Gasteiger partial charge in [-0.2, -0.15) is 13.2 Å². The lowest BCUT2D eigenvalue weighted by Gasteiger charge is -2.33. The highest BCUT2D eigenvalue weighted by Gasteiger charge is 2.35. The largest absolute Gasteiger partial charge is 0.416 e. The van der Waals surface area contributed by atoms with Gasteiger partial charge < -0.3 is 5.11 Å². The van der Waals surface area contributed by atoms with Crippen molar-refractivity contribution in [3.8, 4) is 11.1 Å². The van der Waals surface area contributed by atoms with Crippen LogP contribution in [0.4, 0.5) is 17.6 Å². The lowest BCUT2D eigenvalue weighted by Crippen LogP contribution is -2.25. The summed E-state index contributed by atoms with van der Waals surface area (Å²) < 4.78 is 53.8. The maximum atomic E-state index is 14.0. The van der Waals surface area contributed by atoms with Crippen LogP contribution in [0.1, 0.15) is 83.3 Å². The number of fused-ring (bicyclic) bond motifs is 1. The second kappa shape index (κ2) is 11.4. The molecule has 0 radical (unpaired) electrons. The van der Waals surface area contributed by atoms with Gasteiger partial charge in [-0.25, -0.2) is 4.39 Å².